The van der Waals surface area contributed by atoms with Crippen molar-refractivity contribution < 1.29 is 4.74 Å². The maximum atomic E-state index is 5.89. The molecule has 0 amide bonds. The van der Waals surface area contributed by atoms with Crippen molar-refractivity contribution in [3.8, 4) is 5.75 Å². The predicted molar refractivity (Wildman–Crippen MR) is 79.2 cm³/mol. The summed E-state index contributed by atoms with van der Waals surface area (Å²) in [6, 6.07) is 6.73. The largest absolute Gasteiger partial charge is 0.491 e. The quantitative estimate of drug-likeness (QED) is 0.878. The highest BCUT2D eigenvalue weighted by Crippen LogP contribution is 2.27. The van der Waals surface area contributed by atoms with Gasteiger partial charge in [-0.05, 0) is 42.0 Å². The Morgan fingerprint density at radius 2 is 2.11 bits per heavy atom. The SMILES string of the molecule is Cc1cc(C(C)(C)C)ccc1OCC1CC=C(N)N1. The van der Waals surface area contributed by atoms with Gasteiger partial charge in [-0.25, -0.2) is 0 Å². The van der Waals surface area contributed by atoms with Crippen LogP contribution in [-0.2, 0) is 5.41 Å². The molecule has 0 aromatic heterocycles. The highest BCUT2D eigenvalue weighted by Gasteiger charge is 2.17. The molecule has 1 aromatic carbocycles. The molecule has 3 heteroatoms. The van der Waals surface area contributed by atoms with Gasteiger partial charge in [0.05, 0.1) is 11.9 Å². The lowest BCUT2D eigenvalue weighted by atomic mass is 9.86. The third-order valence-electron chi connectivity index (χ3n) is 3.47. The molecular weight excluding hydrogens is 236 g/mol. The molecule has 0 fully saturated rings. The van der Waals surface area contributed by atoms with E-state index >= 15 is 0 Å². The Morgan fingerprint density at radius 1 is 1.37 bits per heavy atom. The van der Waals surface area contributed by atoms with E-state index in [4.69, 9.17) is 10.5 Å². The second kappa shape index (κ2) is 5.16. The normalized spacial score (nSPS) is 18.9. The molecule has 1 heterocycles. The number of hydrogen-bond donors (Lipinski definition) is 2. The zero-order valence-corrected chi connectivity index (χ0v) is 12.3. The van der Waals surface area contributed by atoms with Gasteiger partial charge in [-0.15, -0.1) is 0 Å². The van der Waals surface area contributed by atoms with Gasteiger partial charge >= 0.3 is 0 Å². The van der Waals surface area contributed by atoms with E-state index in [1.807, 2.05) is 6.08 Å². The molecule has 1 unspecified atom stereocenters. The van der Waals surface area contributed by atoms with Crippen LogP contribution in [0.3, 0.4) is 0 Å². The van der Waals surface area contributed by atoms with E-state index in [0.717, 1.165) is 18.0 Å². The van der Waals surface area contributed by atoms with Crippen molar-refractivity contribution in [2.75, 3.05) is 6.61 Å². The summed E-state index contributed by atoms with van der Waals surface area (Å²) >= 11 is 0. The third-order valence-corrected chi connectivity index (χ3v) is 3.47. The topological polar surface area (TPSA) is 47.3 Å². The number of nitrogens with one attached hydrogen (secondary N) is 1. The molecule has 2 rings (SSSR count). The first-order valence-corrected chi connectivity index (χ1v) is 6.82. The average molecular weight is 260 g/mol. The summed E-state index contributed by atoms with van der Waals surface area (Å²) in [5.41, 5.74) is 8.38. The summed E-state index contributed by atoms with van der Waals surface area (Å²) in [6.45, 7) is 9.41. The lowest BCUT2D eigenvalue weighted by Crippen LogP contribution is -2.31. The van der Waals surface area contributed by atoms with E-state index in [2.05, 4.69) is 51.2 Å². The fraction of sp³-hybridized carbons (Fsp3) is 0.500. The Kier molecular flexibility index (Phi) is 3.74. The van der Waals surface area contributed by atoms with E-state index in [9.17, 15) is 0 Å². The Balaban J connectivity index is 1.98. The Labute approximate surface area is 115 Å². The number of rotatable bonds is 3. The third kappa shape index (κ3) is 3.43. The number of benzene rings is 1. The van der Waals surface area contributed by atoms with Crippen molar-refractivity contribution in [3.05, 3.63) is 41.2 Å². The van der Waals surface area contributed by atoms with Crippen LogP contribution >= 0.6 is 0 Å². The van der Waals surface area contributed by atoms with Gasteiger partial charge < -0.3 is 15.8 Å². The van der Waals surface area contributed by atoms with Crippen LogP contribution in [0.2, 0.25) is 0 Å². The minimum atomic E-state index is 0.175. The lowest BCUT2D eigenvalue weighted by molar-refractivity contribution is 0.276. The van der Waals surface area contributed by atoms with Crippen LogP contribution in [0.4, 0.5) is 0 Å². The minimum absolute atomic E-state index is 0.175. The number of ether oxygens (including phenoxy) is 1. The van der Waals surface area contributed by atoms with E-state index in [1.54, 1.807) is 0 Å². The van der Waals surface area contributed by atoms with Gasteiger partial charge in [-0.3, -0.25) is 0 Å². The van der Waals surface area contributed by atoms with Crippen LogP contribution in [0.15, 0.2) is 30.1 Å². The summed E-state index contributed by atoms with van der Waals surface area (Å²) in [4.78, 5) is 0. The van der Waals surface area contributed by atoms with Gasteiger partial charge in [0.1, 0.15) is 12.4 Å². The fourth-order valence-electron chi connectivity index (χ4n) is 2.20. The van der Waals surface area contributed by atoms with Crippen molar-refractivity contribution in [1.29, 1.82) is 0 Å². The summed E-state index contributed by atoms with van der Waals surface area (Å²) in [5, 5.41) is 3.19. The molecule has 0 aliphatic carbocycles. The second-order valence-corrected chi connectivity index (χ2v) is 6.28. The van der Waals surface area contributed by atoms with Crippen molar-refractivity contribution in [2.45, 2.75) is 45.6 Å². The lowest BCUT2D eigenvalue weighted by Gasteiger charge is -2.21. The molecule has 0 saturated carbocycles. The summed E-state index contributed by atoms with van der Waals surface area (Å²) in [7, 11) is 0. The van der Waals surface area contributed by atoms with Crippen LogP contribution < -0.4 is 15.8 Å². The smallest absolute Gasteiger partial charge is 0.122 e. The first-order chi connectivity index (χ1) is 8.86. The van der Waals surface area contributed by atoms with Crippen molar-refractivity contribution in [1.82, 2.24) is 5.32 Å². The van der Waals surface area contributed by atoms with E-state index in [1.165, 1.54) is 11.1 Å². The summed E-state index contributed by atoms with van der Waals surface area (Å²) in [6.07, 6.45) is 2.94. The minimum Gasteiger partial charge on any atom is -0.491 e. The molecule has 1 aromatic rings. The molecule has 104 valence electrons. The first kappa shape index (κ1) is 13.8. The van der Waals surface area contributed by atoms with Gasteiger partial charge in [0, 0.05) is 0 Å². The molecular formula is C16H24N2O. The molecule has 0 bridgehead atoms. The summed E-state index contributed by atoms with van der Waals surface area (Å²) in [5.74, 6) is 1.72. The number of nitrogens with two attached hydrogens (primary N) is 1. The molecule has 19 heavy (non-hydrogen) atoms. The maximum absolute atomic E-state index is 5.89. The fourth-order valence-corrected chi connectivity index (χ4v) is 2.20. The predicted octanol–water partition coefficient (Wildman–Crippen LogP) is 2.83. The van der Waals surface area contributed by atoms with Gasteiger partial charge in [-0.2, -0.15) is 0 Å². The average Bonchev–Trinajstić information content (AvgIpc) is 2.72. The summed E-state index contributed by atoms with van der Waals surface area (Å²) < 4.78 is 5.89. The number of hydrogen-bond acceptors (Lipinski definition) is 3. The van der Waals surface area contributed by atoms with Crippen LogP contribution in [0.5, 0.6) is 5.75 Å². The van der Waals surface area contributed by atoms with E-state index < -0.39 is 0 Å². The molecule has 1 aliphatic heterocycles. The molecule has 3 nitrogen and oxygen atoms in total. The van der Waals surface area contributed by atoms with Crippen molar-refractivity contribution >= 4 is 0 Å². The Morgan fingerprint density at radius 3 is 2.63 bits per heavy atom. The molecule has 1 atom stereocenters. The molecule has 0 spiro atoms. The second-order valence-electron chi connectivity index (χ2n) is 6.28. The van der Waals surface area contributed by atoms with Crippen molar-refractivity contribution in [3.63, 3.8) is 0 Å². The van der Waals surface area contributed by atoms with Crippen LogP contribution in [0.25, 0.3) is 0 Å². The zero-order valence-electron chi connectivity index (χ0n) is 12.3. The Bertz CT molecular complexity index is 486. The zero-order chi connectivity index (χ0) is 14.0. The standard InChI is InChI=1S/C16H24N2O/c1-11-9-12(16(2,3)4)5-7-14(11)19-10-13-6-8-15(17)18-13/h5,7-9,13,18H,6,10,17H2,1-4H3. The maximum Gasteiger partial charge on any atom is 0.122 e. The first-order valence-electron chi connectivity index (χ1n) is 6.82. The van der Waals surface area contributed by atoms with E-state index in [0.29, 0.717) is 12.6 Å². The van der Waals surface area contributed by atoms with Crippen LogP contribution in [0, 0.1) is 6.92 Å². The highest BCUT2D eigenvalue weighted by molar-refractivity contribution is 5.38. The van der Waals surface area contributed by atoms with Crippen LogP contribution in [0.1, 0.15) is 38.3 Å². The molecule has 1 aliphatic rings. The van der Waals surface area contributed by atoms with Crippen molar-refractivity contribution in [2.24, 2.45) is 5.73 Å². The van der Waals surface area contributed by atoms with Gasteiger partial charge in [0.15, 0.2) is 0 Å². The van der Waals surface area contributed by atoms with Gasteiger partial charge in [0.2, 0.25) is 0 Å². The monoisotopic (exact) mass is 260 g/mol. The van der Waals surface area contributed by atoms with Gasteiger partial charge in [0.25, 0.3) is 0 Å². The van der Waals surface area contributed by atoms with Gasteiger partial charge in [-0.1, -0.05) is 32.9 Å². The molecule has 0 radical (unpaired) electrons. The van der Waals surface area contributed by atoms with E-state index in [-0.39, 0.29) is 5.41 Å². The molecule has 3 N–H and O–H groups in total. The Hall–Kier alpha value is -1.64. The highest BCUT2D eigenvalue weighted by atomic mass is 16.5. The number of aryl methyl sites for hydroxylation is 1. The molecule has 0 saturated heterocycles. The van der Waals surface area contributed by atoms with Crippen LogP contribution in [-0.4, -0.2) is 12.6 Å².